The first-order valence-electron chi connectivity index (χ1n) is 5.65. The van der Waals surface area contributed by atoms with Gasteiger partial charge in [0.2, 0.25) is 5.89 Å². The predicted molar refractivity (Wildman–Crippen MR) is 55.3 cm³/mol. The molecule has 1 rings (SSSR count). The maximum absolute atomic E-state index is 12.3. The fourth-order valence-electron chi connectivity index (χ4n) is 1.31. The van der Waals surface area contributed by atoms with Crippen molar-refractivity contribution in [3.8, 4) is 0 Å². The van der Waals surface area contributed by atoms with Crippen LogP contribution < -0.4 is 0 Å². The number of alkyl halides is 5. The molecule has 0 amide bonds. The Balaban J connectivity index is 2.50. The van der Waals surface area contributed by atoms with Crippen molar-refractivity contribution in [2.24, 2.45) is 0 Å². The molecular formula is C10H13F5N2O3. The molecule has 0 bridgehead atoms. The number of nitrogens with zero attached hydrogens (tertiary/aromatic N) is 2. The van der Waals surface area contributed by atoms with Gasteiger partial charge in [0.25, 0.3) is 6.43 Å². The van der Waals surface area contributed by atoms with E-state index in [2.05, 4.69) is 19.4 Å². The predicted octanol–water partition coefficient (Wildman–Crippen LogP) is 1.92. The second kappa shape index (κ2) is 6.93. The van der Waals surface area contributed by atoms with Crippen molar-refractivity contribution in [2.45, 2.75) is 38.0 Å². The highest BCUT2D eigenvalue weighted by atomic mass is 19.4. The lowest BCUT2D eigenvalue weighted by Crippen LogP contribution is -2.33. The van der Waals surface area contributed by atoms with Crippen LogP contribution in [0.25, 0.3) is 0 Å². The second-order valence-electron chi connectivity index (χ2n) is 4.04. The molecule has 0 saturated heterocycles. The lowest BCUT2D eigenvalue weighted by Gasteiger charge is -2.17. The molecule has 2 atom stereocenters. The fourth-order valence-corrected chi connectivity index (χ4v) is 1.31. The normalized spacial score (nSPS) is 15.6. The van der Waals surface area contributed by atoms with Crippen LogP contribution in [-0.2, 0) is 11.2 Å². The van der Waals surface area contributed by atoms with Gasteiger partial charge in [-0.3, -0.25) is 0 Å². The number of hydrogen-bond donors (Lipinski definition) is 1. The largest absolute Gasteiger partial charge is 0.415 e. The van der Waals surface area contributed by atoms with Gasteiger partial charge >= 0.3 is 6.18 Å². The number of ether oxygens (including phenoxy) is 1. The van der Waals surface area contributed by atoms with Crippen LogP contribution in [0.1, 0.15) is 24.6 Å². The smallest absolute Gasteiger partial charge is 0.383 e. The van der Waals surface area contributed by atoms with Crippen LogP contribution in [0, 0.1) is 0 Å². The summed E-state index contributed by atoms with van der Waals surface area (Å²) in [5, 5.41) is 12.4. The lowest BCUT2D eigenvalue weighted by atomic mass is 10.1. The number of aromatic nitrogens is 2. The molecule has 0 aromatic carbocycles. The van der Waals surface area contributed by atoms with E-state index in [4.69, 9.17) is 5.11 Å². The fraction of sp³-hybridized carbons (Fsp3) is 0.800. The van der Waals surface area contributed by atoms with Crippen LogP contribution in [0.4, 0.5) is 22.0 Å². The van der Waals surface area contributed by atoms with Gasteiger partial charge in [0.1, 0.15) is 6.61 Å². The van der Waals surface area contributed by atoms with Crippen molar-refractivity contribution in [2.75, 3.05) is 13.2 Å². The van der Waals surface area contributed by atoms with Crippen LogP contribution >= 0.6 is 0 Å². The summed E-state index contributed by atoms with van der Waals surface area (Å²) in [6.45, 7) is 0.232. The molecule has 20 heavy (non-hydrogen) atoms. The Kier molecular flexibility index (Phi) is 5.81. The number of aliphatic hydroxyl groups excluding tert-OH is 1. The zero-order valence-electron chi connectivity index (χ0n) is 10.4. The summed E-state index contributed by atoms with van der Waals surface area (Å²) in [5.74, 6) is -1.77. The molecule has 5 nitrogen and oxygen atoms in total. The molecule has 0 aliphatic rings. The van der Waals surface area contributed by atoms with E-state index in [1.165, 1.54) is 0 Å². The van der Waals surface area contributed by atoms with Crippen molar-refractivity contribution in [1.82, 2.24) is 10.1 Å². The Labute approximate surface area is 110 Å². The third-order valence-electron chi connectivity index (χ3n) is 2.40. The summed E-state index contributed by atoms with van der Waals surface area (Å²) in [6, 6.07) is 0. The monoisotopic (exact) mass is 304 g/mol. The molecule has 116 valence electrons. The quantitative estimate of drug-likeness (QED) is 0.616. The Hall–Kier alpha value is -1.29. The number of rotatable bonds is 7. The molecule has 1 aromatic rings. The third-order valence-corrected chi connectivity index (χ3v) is 2.40. The van der Waals surface area contributed by atoms with Crippen LogP contribution in [0.2, 0.25) is 0 Å². The summed E-state index contributed by atoms with van der Waals surface area (Å²) in [6.07, 6.45) is -10.00. The van der Waals surface area contributed by atoms with Crippen molar-refractivity contribution >= 4 is 0 Å². The van der Waals surface area contributed by atoms with Crippen LogP contribution in [0.5, 0.6) is 0 Å². The maximum Gasteiger partial charge on any atom is 0.415 e. The molecule has 0 spiro atoms. The third kappa shape index (κ3) is 5.00. The first kappa shape index (κ1) is 16.8. The molecule has 1 aromatic heterocycles. The topological polar surface area (TPSA) is 68.4 Å². The molecular weight excluding hydrogens is 291 g/mol. The van der Waals surface area contributed by atoms with Crippen molar-refractivity contribution in [3.05, 3.63) is 11.7 Å². The summed E-state index contributed by atoms with van der Waals surface area (Å²) in [7, 11) is 0. The Morgan fingerprint density at radius 1 is 1.35 bits per heavy atom. The Bertz CT molecular complexity index is 410. The minimum Gasteiger partial charge on any atom is -0.383 e. The Morgan fingerprint density at radius 3 is 2.55 bits per heavy atom. The highest BCUT2D eigenvalue weighted by Crippen LogP contribution is 2.30. The minimum absolute atomic E-state index is 0.0189. The van der Waals surface area contributed by atoms with Gasteiger partial charge in [-0.05, 0) is 0 Å². The van der Waals surface area contributed by atoms with Crippen molar-refractivity contribution in [1.29, 1.82) is 0 Å². The van der Waals surface area contributed by atoms with Crippen LogP contribution in [-0.4, -0.2) is 47.2 Å². The van der Waals surface area contributed by atoms with Gasteiger partial charge in [-0.1, -0.05) is 12.1 Å². The average molecular weight is 304 g/mol. The molecule has 1 N–H and O–H groups in total. The molecule has 2 unspecified atom stereocenters. The van der Waals surface area contributed by atoms with E-state index in [0.29, 0.717) is 0 Å². The SMILES string of the molecule is CC(c1nc(CCOCC(F)F)no1)C(O)C(F)(F)F. The molecule has 10 heteroatoms. The van der Waals surface area contributed by atoms with E-state index < -0.39 is 31.2 Å². The highest BCUT2D eigenvalue weighted by Gasteiger charge is 2.44. The molecule has 0 aliphatic heterocycles. The van der Waals surface area contributed by atoms with E-state index >= 15 is 0 Å². The molecule has 0 saturated carbocycles. The molecule has 0 aliphatic carbocycles. The van der Waals surface area contributed by atoms with E-state index in [9.17, 15) is 22.0 Å². The van der Waals surface area contributed by atoms with Crippen molar-refractivity contribution in [3.63, 3.8) is 0 Å². The zero-order chi connectivity index (χ0) is 15.3. The summed E-state index contributed by atoms with van der Waals surface area (Å²) >= 11 is 0. The zero-order valence-corrected chi connectivity index (χ0v) is 10.4. The standard InChI is InChI=1S/C10H13F5N2O3/c1-5(8(18)10(13,14)15)9-16-7(17-20-9)2-3-19-4-6(11)12/h5-6,8,18H,2-4H2,1H3. The van der Waals surface area contributed by atoms with E-state index in [-0.39, 0.29) is 24.7 Å². The van der Waals surface area contributed by atoms with Gasteiger partial charge in [-0.2, -0.15) is 18.2 Å². The van der Waals surface area contributed by atoms with Gasteiger partial charge in [0.15, 0.2) is 11.9 Å². The number of halogens is 5. The minimum atomic E-state index is -4.80. The van der Waals surface area contributed by atoms with Gasteiger partial charge in [0.05, 0.1) is 12.5 Å². The second-order valence-corrected chi connectivity index (χ2v) is 4.04. The van der Waals surface area contributed by atoms with Gasteiger partial charge in [-0.25, -0.2) is 8.78 Å². The summed E-state index contributed by atoms with van der Waals surface area (Å²) in [5.41, 5.74) is 0. The lowest BCUT2D eigenvalue weighted by molar-refractivity contribution is -0.210. The molecule has 0 fully saturated rings. The van der Waals surface area contributed by atoms with E-state index in [0.717, 1.165) is 6.92 Å². The highest BCUT2D eigenvalue weighted by molar-refractivity contribution is 4.97. The van der Waals surface area contributed by atoms with Crippen LogP contribution in [0.15, 0.2) is 4.52 Å². The Morgan fingerprint density at radius 2 is 2.00 bits per heavy atom. The maximum atomic E-state index is 12.3. The van der Waals surface area contributed by atoms with E-state index in [1.807, 2.05) is 0 Å². The number of aliphatic hydroxyl groups is 1. The average Bonchev–Trinajstić information content (AvgIpc) is 2.80. The summed E-state index contributed by atoms with van der Waals surface area (Å²) < 4.78 is 69.5. The number of hydrogen-bond acceptors (Lipinski definition) is 5. The molecule has 1 heterocycles. The van der Waals surface area contributed by atoms with E-state index in [1.54, 1.807) is 0 Å². The van der Waals surface area contributed by atoms with Crippen LogP contribution in [0.3, 0.4) is 0 Å². The van der Waals surface area contributed by atoms with Crippen molar-refractivity contribution < 1.29 is 36.3 Å². The van der Waals surface area contributed by atoms with Gasteiger partial charge in [-0.15, -0.1) is 0 Å². The first-order chi connectivity index (χ1) is 9.21. The molecule has 0 radical (unpaired) electrons. The summed E-state index contributed by atoms with van der Waals surface area (Å²) in [4.78, 5) is 3.66. The van der Waals surface area contributed by atoms with Gasteiger partial charge < -0.3 is 14.4 Å². The first-order valence-corrected chi connectivity index (χ1v) is 5.65. The van der Waals surface area contributed by atoms with Gasteiger partial charge in [0, 0.05) is 6.42 Å².